The van der Waals surface area contributed by atoms with Gasteiger partial charge < -0.3 is 9.52 Å². The molecule has 2 aromatic heterocycles. The fourth-order valence-corrected chi connectivity index (χ4v) is 1.97. The highest BCUT2D eigenvalue weighted by Gasteiger charge is 2.15. The van der Waals surface area contributed by atoms with Crippen molar-refractivity contribution in [1.82, 2.24) is 0 Å². The van der Waals surface area contributed by atoms with Crippen LogP contribution in [0.4, 0.5) is 0 Å². The summed E-state index contributed by atoms with van der Waals surface area (Å²) >= 11 is 0. The summed E-state index contributed by atoms with van der Waals surface area (Å²) in [5.41, 5.74) is 2.10. The maximum absolute atomic E-state index is 9.70. The summed E-state index contributed by atoms with van der Waals surface area (Å²) in [6.07, 6.45) is 3.05. The first-order valence-electron chi connectivity index (χ1n) is 4.92. The van der Waals surface area contributed by atoms with Gasteiger partial charge in [0.25, 0.3) is 0 Å². The van der Waals surface area contributed by atoms with Gasteiger partial charge in [-0.1, -0.05) is 6.07 Å². The zero-order chi connectivity index (χ0) is 11.3. The summed E-state index contributed by atoms with van der Waals surface area (Å²) in [5, 5.41) is 20.7. The van der Waals surface area contributed by atoms with Crippen LogP contribution in [0.5, 0.6) is 5.75 Å². The number of rotatable bonds is 0. The standard InChI is InChI=1S/C12H9NO3/c1-7-2-3-9(14)12-11(7)8-6-13(15)5-4-10(8)16-12/h2-6H,1H3,(H-,14,15)/p+1. The van der Waals surface area contributed by atoms with Crippen molar-refractivity contribution in [1.29, 1.82) is 0 Å². The molecule has 1 aromatic carbocycles. The van der Waals surface area contributed by atoms with Gasteiger partial charge in [0.1, 0.15) is 5.58 Å². The second kappa shape index (κ2) is 2.88. The number of fused-ring (bicyclic) bond motifs is 3. The highest BCUT2D eigenvalue weighted by molar-refractivity contribution is 6.07. The van der Waals surface area contributed by atoms with Crippen LogP contribution < -0.4 is 4.73 Å². The van der Waals surface area contributed by atoms with Gasteiger partial charge in [-0.25, -0.2) is 0 Å². The normalized spacial score (nSPS) is 11.3. The Morgan fingerprint density at radius 3 is 2.88 bits per heavy atom. The molecule has 2 heterocycles. The first-order chi connectivity index (χ1) is 7.66. The van der Waals surface area contributed by atoms with Crippen molar-refractivity contribution in [2.24, 2.45) is 0 Å². The van der Waals surface area contributed by atoms with E-state index in [0.717, 1.165) is 21.1 Å². The Bertz CT molecular complexity index is 700. The quantitative estimate of drug-likeness (QED) is 0.447. The van der Waals surface area contributed by atoms with Gasteiger partial charge in [0, 0.05) is 10.1 Å². The third-order valence-corrected chi connectivity index (χ3v) is 2.73. The second-order valence-corrected chi connectivity index (χ2v) is 3.81. The van der Waals surface area contributed by atoms with Gasteiger partial charge in [-0.15, -0.1) is 0 Å². The molecule has 0 amide bonds. The first kappa shape index (κ1) is 9.03. The third kappa shape index (κ3) is 1.07. The molecule has 3 rings (SSSR count). The van der Waals surface area contributed by atoms with E-state index in [-0.39, 0.29) is 5.75 Å². The molecule has 4 nitrogen and oxygen atoms in total. The molecule has 0 saturated carbocycles. The van der Waals surface area contributed by atoms with Crippen molar-refractivity contribution in [3.8, 4) is 5.75 Å². The first-order valence-corrected chi connectivity index (χ1v) is 4.92. The second-order valence-electron chi connectivity index (χ2n) is 3.81. The lowest BCUT2D eigenvalue weighted by molar-refractivity contribution is -0.903. The topological polar surface area (TPSA) is 57.5 Å². The monoisotopic (exact) mass is 216 g/mol. The maximum Gasteiger partial charge on any atom is 0.233 e. The third-order valence-electron chi connectivity index (χ3n) is 2.73. The molecule has 0 aliphatic rings. The van der Waals surface area contributed by atoms with Crippen molar-refractivity contribution >= 4 is 21.9 Å². The predicted molar refractivity (Wildman–Crippen MR) is 57.5 cm³/mol. The Kier molecular flexibility index (Phi) is 1.63. The van der Waals surface area contributed by atoms with Crippen LogP contribution in [0.15, 0.2) is 35.0 Å². The van der Waals surface area contributed by atoms with Gasteiger partial charge in [-0.2, -0.15) is 0 Å². The number of hydrogen-bond donors (Lipinski definition) is 2. The average Bonchev–Trinajstić information content (AvgIpc) is 2.63. The van der Waals surface area contributed by atoms with Crippen LogP contribution in [-0.2, 0) is 0 Å². The maximum atomic E-state index is 9.70. The van der Waals surface area contributed by atoms with Crippen molar-refractivity contribution < 1.29 is 19.5 Å². The summed E-state index contributed by atoms with van der Waals surface area (Å²) in [7, 11) is 0. The lowest BCUT2D eigenvalue weighted by atomic mass is 10.1. The summed E-state index contributed by atoms with van der Waals surface area (Å²) < 4.78 is 6.52. The minimum atomic E-state index is 0.112. The molecule has 2 N–H and O–H groups in total. The lowest BCUT2D eigenvalue weighted by Gasteiger charge is -1.96. The molecule has 16 heavy (non-hydrogen) atoms. The average molecular weight is 216 g/mol. The molecule has 80 valence electrons. The van der Waals surface area contributed by atoms with Crippen molar-refractivity contribution in [2.75, 3.05) is 0 Å². The van der Waals surface area contributed by atoms with Gasteiger partial charge in [0.2, 0.25) is 12.4 Å². The van der Waals surface area contributed by atoms with E-state index in [1.165, 1.54) is 6.20 Å². The van der Waals surface area contributed by atoms with Crippen LogP contribution in [0.25, 0.3) is 21.9 Å². The van der Waals surface area contributed by atoms with Gasteiger partial charge in [-0.05, 0) is 18.6 Å². The fraction of sp³-hybridized carbons (Fsp3) is 0.0833. The summed E-state index contributed by atoms with van der Waals surface area (Å²) in [6.45, 7) is 1.94. The van der Waals surface area contributed by atoms with E-state index in [1.54, 1.807) is 18.3 Å². The van der Waals surface area contributed by atoms with E-state index in [9.17, 15) is 10.3 Å². The summed E-state index contributed by atoms with van der Waals surface area (Å²) in [5.74, 6) is 0.112. The van der Waals surface area contributed by atoms with E-state index in [4.69, 9.17) is 4.42 Å². The molecule has 0 radical (unpaired) electrons. The Hall–Kier alpha value is -2.23. The van der Waals surface area contributed by atoms with Crippen molar-refractivity contribution in [3.63, 3.8) is 0 Å². The Morgan fingerprint density at radius 1 is 1.25 bits per heavy atom. The molecule has 0 atom stereocenters. The SMILES string of the molecule is Cc1ccc(O)c2oc3cc[n+](O)cc3c12. The minimum absolute atomic E-state index is 0.112. The number of furan rings is 1. The minimum Gasteiger partial charge on any atom is -0.504 e. The molecule has 3 aromatic rings. The van der Waals surface area contributed by atoms with E-state index in [2.05, 4.69) is 0 Å². The number of phenols is 1. The predicted octanol–water partition coefficient (Wildman–Crippen LogP) is 2.12. The zero-order valence-electron chi connectivity index (χ0n) is 8.64. The fourth-order valence-electron chi connectivity index (χ4n) is 1.97. The molecule has 0 aliphatic carbocycles. The van der Waals surface area contributed by atoms with Gasteiger partial charge in [-0.3, -0.25) is 5.21 Å². The van der Waals surface area contributed by atoms with Crippen LogP contribution in [-0.4, -0.2) is 10.3 Å². The number of pyridine rings is 1. The van der Waals surface area contributed by atoms with E-state index in [1.807, 2.05) is 13.0 Å². The number of nitrogens with zero attached hydrogens (tertiary/aromatic N) is 1. The van der Waals surface area contributed by atoms with Gasteiger partial charge in [0.05, 0.1) is 11.5 Å². The van der Waals surface area contributed by atoms with E-state index >= 15 is 0 Å². The number of aryl methyl sites for hydroxylation is 1. The highest BCUT2D eigenvalue weighted by Crippen LogP contribution is 2.35. The van der Waals surface area contributed by atoms with E-state index < -0.39 is 0 Å². The number of aromatic hydroxyl groups is 1. The van der Waals surface area contributed by atoms with Crippen LogP contribution in [0.1, 0.15) is 5.56 Å². The Balaban J connectivity index is 2.62. The molecule has 0 fully saturated rings. The largest absolute Gasteiger partial charge is 0.504 e. The molecule has 0 aliphatic heterocycles. The number of hydrogen-bond acceptors (Lipinski definition) is 3. The molecular formula is C12H10NO3+. The molecule has 0 spiro atoms. The van der Waals surface area contributed by atoms with Crippen LogP contribution in [0.3, 0.4) is 0 Å². The Morgan fingerprint density at radius 2 is 2.06 bits per heavy atom. The summed E-state index contributed by atoms with van der Waals surface area (Å²) in [4.78, 5) is 0. The van der Waals surface area contributed by atoms with Crippen molar-refractivity contribution in [2.45, 2.75) is 6.92 Å². The molecular weight excluding hydrogens is 206 g/mol. The van der Waals surface area contributed by atoms with Gasteiger partial charge >= 0.3 is 0 Å². The molecule has 0 unspecified atom stereocenters. The number of phenolic OH excluding ortho intramolecular Hbond substituents is 1. The highest BCUT2D eigenvalue weighted by atomic mass is 16.5. The molecule has 0 bridgehead atoms. The smallest absolute Gasteiger partial charge is 0.233 e. The summed E-state index contributed by atoms with van der Waals surface area (Å²) in [6, 6.07) is 5.09. The molecule has 0 saturated heterocycles. The number of benzene rings is 1. The van der Waals surface area contributed by atoms with E-state index in [0.29, 0.717) is 11.2 Å². The van der Waals surface area contributed by atoms with Crippen molar-refractivity contribution in [3.05, 3.63) is 36.2 Å². The van der Waals surface area contributed by atoms with Crippen LogP contribution in [0, 0.1) is 6.92 Å². The Labute approximate surface area is 90.9 Å². The number of aromatic nitrogens is 1. The van der Waals surface area contributed by atoms with Gasteiger partial charge in [0.15, 0.2) is 11.3 Å². The zero-order valence-corrected chi connectivity index (χ0v) is 8.64. The molecule has 4 heteroatoms. The lowest BCUT2D eigenvalue weighted by Crippen LogP contribution is -2.27. The van der Waals surface area contributed by atoms with Crippen LogP contribution >= 0.6 is 0 Å². The van der Waals surface area contributed by atoms with Crippen LogP contribution in [0.2, 0.25) is 0 Å².